The number of thiol groups is 1. The summed E-state index contributed by atoms with van der Waals surface area (Å²) in [6, 6.07) is 10.2. The monoisotopic (exact) mass is 194 g/mol. The summed E-state index contributed by atoms with van der Waals surface area (Å²) in [6.07, 6.45) is 4.07. The zero-order valence-electron chi connectivity index (χ0n) is 7.52. The molecule has 0 aliphatic rings. The van der Waals surface area contributed by atoms with Crippen molar-refractivity contribution >= 4 is 18.7 Å². The van der Waals surface area contributed by atoms with Crippen LogP contribution in [0.15, 0.2) is 36.4 Å². The van der Waals surface area contributed by atoms with Crippen LogP contribution in [0.25, 0.3) is 6.08 Å². The Kier molecular flexibility index (Phi) is 5.38. The molecular weight excluding hydrogens is 180 g/mol. The van der Waals surface area contributed by atoms with Crippen LogP contribution in [-0.4, -0.2) is 19.0 Å². The number of benzene rings is 1. The first kappa shape index (κ1) is 10.4. The van der Waals surface area contributed by atoms with E-state index in [2.05, 4.69) is 30.8 Å². The van der Waals surface area contributed by atoms with Crippen LogP contribution in [-0.2, 0) is 4.74 Å². The van der Waals surface area contributed by atoms with Crippen molar-refractivity contribution in [1.29, 1.82) is 0 Å². The van der Waals surface area contributed by atoms with E-state index in [-0.39, 0.29) is 0 Å². The molecule has 0 saturated carbocycles. The maximum Gasteiger partial charge on any atom is 0.0651 e. The van der Waals surface area contributed by atoms with Crippen LogP contribution < -0.4 is 0 Å². The quantitative estimate of drug-likeness (QED) is 0.560. The number of hydrogen-bond donors (Lipinski definition) is 1. The Balaban J connectivity index is 2.25. The van der Waals surface area contributed by atoms with Crippen LogP contribution in [0.5, 0.6) is 0 Å². The Morgan fingerprint density at radius 1 is 1.23 bits per heavy atom. The van der Waals surface area contributed by atoms with E-state index < -0.39 is 0 Å². The molecule has 0 spiro atoms. The second-order valence-corrected chi connectivity index (χ2v) is 3.06. The Labute approximate surface area is 84.8 Å². The van der Waals surface area contributed by atoms with Crippen LogP contribution in [0.2, 0.25) is 0 Å². The molecule has 0 fully saturated rings. The molecule has 2 heteroatoms. The summed E-state index contributed by atoms with van der Waals surface area (Å²) in [5.41, 5.74) is 1.21. The minimum absolute atomic E-state index is 0.662. The summed E-state index contributed by atoms with van der Waals surface area (Å²) < 4.78 is 5.24. The minimum Gasteiger partial charge on any atom is -0.377 e. The average Bonchev–Trinajstić information content (AvgIpc) is 2.19. The molecule has 1 nitrogen and oxygen atoms in total. The van der Waals surface area contributed by atoms with Gasteiger partial charge in [0.25, 0.3) is 0 Å². The molecule has 1 aromatic rings. The Morgan fingerprint density at radius 3 is 2.69 bits per heavy atom. The van der Waals surface area contributed by atoms with Gasteiger partial charge in [0.2, 0.25) is 0 Å². The summed E-state index contributed by atoms with van der Waals surface area (Å²) in [4.78, 5) is 0. The normalized spacial score (nSPS) is 10.8. The third-order valence-corrected chi connectivity index (χ3v) is 1.74. The predicted molar refractivity (Wildman–Crippen MR) is 60.1 cm³/mol. The van der Waals surface area contributed by atoms with E-state index in [1.807, 2.05) is 24.3 Å². The SMILES string of the molecule is SCCOC/C=C/c1ccccc1. The van der Waals surface area contributed by atoms with Crippen molar-refractivity contribution in [3.63, 3.8) is 0 Å². The Bertz CT molecular complexity index is 244. The molecule has 0 saturated heterocycles. The lowest BCUT2D eigenvalue weighted by atomic mass is 10.2. The van der Waals surface area contributed by atoms with E-state index in [1.54, 1.807) is 0 Å². The van der Waals surface area contributed by atoms with Crippen molar-refractivity contribution < 1.29 is 4.74 Å². The van der Waals surface area contributed by atoms with Crippen LogP contribution in [0.4, 0.5) is 0 Å². The van der Waals surface area contributed by atoms with Crippen molar-refractivity contribution in [2.75, 3.05) is 19.0 Å². The molecule has 0 unspecified atom stereocenters. The summed E-state index contributed by atoms with van der Waals surface area (Å²) in [5.74, 6) is 0.777. The van der Waals surface area contributed by atoms with Crippen LogP contribution in [0.1, 0.15) is 5.56 Å². The first-order valence-corrected chi connectivity index (χ1v) is 4.97. The molecular formula is C11H14OS. The van der Waals surface area contributed by atoms with Gasteiger partial charge in [-0.15, -0.1) is 0 Å². The van der Waals surface area contributed by atoms with Gasteiger partial charge >= 0.3 is 0 Å². The van der Waals surface area contributed by atoms with E-state index in [4.69, 9.17) is 4.74 Å². The maximum absolute atomic E-state index is 5.24. The lowest BCUT2D eigenvalue weighted by Crippen LogP contribution is -1.94. The molecule has 1 rings (SSSR count). The molecule has 70 valence electrons. The maximum atomic E-state index is 5.24. The van der Waals surface area contributed by atoms with Gasteiger partial charge in [0.1, 0.15) is 0 Å². The number of rotatable bonds is 5. The molecule has 0 aliphatic heterocycles. The molecule has 0 radical (unpaired) electrons. The molecule has 13 heavy (non-hydrogen) atoms. The van der Waals surface area contributed by atoms with Crippen LogP contribution >= 0.6 is 12.6 Å². The second kappa shape index (κ2) is 6.75. The van der Waals surface area contributed by atoms with E-state index in [0.29, 0.717) is 13.2 Å². The molecule has 0 aromatic heterocycles. The molecule has 0 atom stereocenters. The minimum atomic E-state index is 0.662. The fourth-order valence-electron chi connectivity index (χ4n) is 0.964. The van der Waals surface area contributed by atoms with E-state index in [1.165, 1.54) is 5.56 Å². The molecule has 0 heterocycles. The van der Waals surface area contributed by atoms with Gasteiger partial charge in [-0.25, -0.2) is 0 Å². The van der Waals surface area contributed by atoms with Crippen molar-refractivity contribution in [1.82, 2.24) is 0 Å². The summed E-state index contributed by atoms with van der Waals surface area (Å²) in [7, 11) is 0. The van der Waals surface area contributed by atoms with Crippen molar-refractivity contribution in [3.8, 4) is 0 Å². The van der Waals surface area contributed by atoms with Gasteiger partial charge < -0.3 is 4.74 Å². The highest BCUT2D eigenvalue weighted by Gasteiger charge is 1.82. The van der Waals surface area contributed by atoms with E-state index in [0.717, 1.165) is 5.75 Å². The Morgan fingerprint density at radius 2 is 2.00 bits per heavy atom. The van der Waals surface area contributed by atoms with Gasteiger partial charge in [-0.1, -0.05) is 42.5 Å². The highest BCUT2D eigenvalue weighted by Crippen LogP contribution is 2.00. The third-order valence-electron chi connectivity index (χ3n) is 1.56. The predicted octanol–water partition coefficient (Wildman–Crippen LogP) is 2.65. The summed E-state index contributed by atoms with van der Waals surface area (Å²) >= 11 is 4.04. The third kappa shape index (κ3) is 4.76. The molecule has 1 aromatic carbocycles. The highest BCUT2D eigenvalue weighted by atomic mass is 32.1. The van der Waals surface area contributed by atoms with Gasteiger partial charge in [0, 0.05) is 5.75 Å². The van der Waals surface area contributed by atoms with Crippen molar-refractivity contribution in [2.24, 2.45) is 0 Å². The largest absolute Gasteiger partial charge is 0.377 e. The zero-order valence-corrected chi connectivity index (χ0v) is 8.41. The number of hydrogen-bond acceptors (Lipinski definition) is 2. The van der Waals surface area contributed by atoms with E-state index in [9.17, 15) is 0 Å². The Hall–Kier alpha value is -0.730. The van der Waals surface area contributed by atoms with E-state index >= 15 is 0 Å². The van der Waals surface area contributed by atoms with Gasteiger partial charge in [-0.05, 0) is 5.56 Å². The lowest BCUT2D eigenvalue weighted by molar-refractivity contribution is 0.181. The van der Waals surface area contributed by atoms with Gasteiger partial charge in [-0.2, -0.15) is 12.6 Å². The lowest BCUT2D eigenvalue weighted by Gasteiger charge is -1.95. The molecule has 0 amide bonds. The topological polar surface area (TPSA) is 9.23 Å². The summed E-state index contributed by atoms with van der Waals surface area (Å²) in [6.45, 7) is 1.37. The van der Waals surface area contributed by atoms with Crippen LogP contribution in [0.3, 0.4) is 0 Å². The first-order valence-electron chi connectivity index (χ1n) is 4.33. The average molecular weight is 194 g/mol. The van der Waals surface area contributed by atoms with Crippen molar-refractivity contribution in [2.45, 2.75) is 0 Å². The highest BCUT2D eigenvalue weighted by molar-refractivity contribution is 7.80. The fraction of sp³-hybridized carbons (Fsp3) is 0.273. The molecule has 0 aliphatic carbocycles. The zero-order chi connectivity index (χ0) is 9.36. The number of ether oxygens (including phenoxy) is 1. The fourth-order valence-corrected chi connectivity index (χ4v) is 1.09. The van der Waals surface area contributed by atoms with Crippen LogP contribution in [0, 0.1) is 0 Å². The van der Waals surface area contributed by atoms with Gasteiger partial charge in [-0.3, -0.25) is 0 Å². The smallest absolute Gasteiger partial charge is 0.0651 e. The second-order valence-electron chi connectivity index (χ2n) is 2.61. The molecule has 0 N–H and O–H groups in total. The standard InChI is InChI=1S/C11H14OS/c13-10-9-12-8-4-7-11-5-2-1-3-6-11/h1-7,13H,8-10H2/b7-4+. The first-order chi connectivity index (χ1) is 6.43. The van der Waals surface area contributed by atoms with Gasteiger partial charge in [0.15, 0.2) is 0 Å². The molecule has 0 bridgehead atoms. The van der Waals surface area contributed by atoms with Crippen molar-refractivity contribution in [3.05, 3.63) is 42.0 Å². The van der Waals surface area contributed by atoms with Gasteiger partial charge in [0.05, 0.1) is 13.2 Å². The summed E-state index contributed by atoms with van der Waals surface area (Å²) in [5, 5.41) is 0.